The molecule has 0 spiro atoms. The second-order valence-electron chi connectivity index (χ2n) is 5.80. The molecule has 1 fully saturated rings. The molecule has 1 aromatic carbocycles. The van der Waals surface area contributed by atoms with Crippen molar-refractivity contribution in [2.45, 2.75) is 12.8 Å². The molecular weight excluding hydrogens is 292 g/mol. The normalized spacial score (nSPS) is 18.2. The number of nitrogens with zero attached hydrogens (tertiary/aromatic N) is 1. The summed E-state index contributed by atoms with van der Waals surface area (Å²) in [5, 5.41) is 3.20. The third-order valence-electron chi connectivity index (χ3n) is 4.15. The fourth-order valence-electron chi connectivity index (χ4n) is 2.95. The molecule has 1 heterocycles. The third kappa shape index (κ3) is 4.73. The zero-order valence-corrected chi connectivity index (χ0v) is 14.2. The van der Waals surface area contributed by atoms with Crippen molar-refractivity contribution in [2.75, 3.05) is 40.9 Å². The van der Waals surface area contributed by atoms with Crippen molar-refractivity contribution in [1.29, 1.82) is 0 Å². The molecule has 1 unspecified atom stereocenters. The molecule has 1 atom stereocenters. The highest BCUT2D eigenvalue weighted by atomic mass is 16.5. The molecule has 1 aliphatic heterocycles. The first-order valence-electron chi connectivity index (χ1n) is 8.01. The van der Waals surface area contributed by atoms with E-state index in [1.165, 1.54) is 6.42 Å². The Hall–Kier alpha value is -2.01. The highest BCUT2D eigenvalue weighted by molar-refractivity contribution is 5.92. The molecule has 2 rings (SSSR count). The van der Waals surface area contributed by atoms with E-state index in [2.05, 4.69) is 5.32 Å². The van der Waals surface area contributed by atoms with Crippen LogP contribution < -0.4 is 14.8 Å². The first kappa shape index (κ1) is 17.3. The van der Waals surface area contributed by atoms with Crippen LogP contribution in [0.2, 0.25) is 0 Å². The van der Waals surface area contributed by atoms with Gasteiger partial charge in [0.25, 0.3) is 0 Å². The molecule has 0 bridgehead atoms. The molecule has 0 radical (unpaired) electrons. The second kappa shape index (κ2) is 8.58. The number of carbonyl (C=O) groups excluding carboxylic acids is 1. The van der Waals surface area contributed by atoms with Crippen molar-refractivity contribution in [2.24, 2.45) is 5.92 Å². The van der Waals surface area contributed by atoms with E-state index in [1.807, 2.05) is 36.2 Å². The van der Waals surface area contributed by atoms with Crippen molar-refractivity contribution >= 4 is 12.0 Å². The van der Waals surface area contributed by atoms with Gasteiger partial charge in [0.05, 0.1) is 14.2 Å². The number of amides is 1. The van der Waals surface area contributed by atoms with Crippen LogP contribution in [0.5, 0.6) is 11.5 Å². The fourth-order valence-corrected chi connectivity index (χ4v) is 2.95. The highest BCUT2D eigenvalue weighted by Crippen LogP contribution is 2.28. The Kier molecular flexibility index (Phi) is 6.47. The van der Waals surface area contributed by atoms with Crippen LogP contribution >= 0.6 is 0 Å². The van der Waals surface area contributed by atoms with Gasteiger partial charge in [0.1, 0.15) is 0 Å². The van der Waals surface area contributed by atoms with Crippen molar-refractivity contribution < 1.29 is 14.3 Å². The van der Waals surface area contributed by atoms with Crippen LogP contribution in [0.3, 0.4) is 0 Å². The van der Waals surface area contributed by atoms with Crippen molar-refractivity contribution in [1.82, 2.24) is 10.2 Å². The van der Waals surface area contributed by atoms with E-state index in [4.69, 9.17) is 9.47 Å². The molecular formula is C18H26N2O3. The lowest BCUT2D eigenvalue weighted by atomic mass is 9.98. The average molecular weight is 318 g/mol. The number of nitrogens with one attached hydrogen (secondary N) is 1. The Labute approximate surface area is 138 Å². The number of methoxy groups -OCH3 is 2. The minimum absolute atomic E-state index is 0.0700. The molecule has 5 heteroatoms. The Morgan fingerprint density at radius 3 is 2.83 bits per heavy atom. The Bertz CT molecular complexity index is 555. The second-order valence-corrected chi connectivity index (χ2v) is 5.80. The topological polar surface area (TPSA) is 50.8 Å². The van der Waals surface area contributed by atoms with Crippen LogP contribution in [-0.2, 0) is 4.79 Å². The van der Waals surface area contributed by atoms with Crippen molar-refractivity contribution in [3.63, 3.8) is 0 Å². The summed E-state index contributed by atoms with van der Waals surface area (Å²) in [6.07, 6.45) is 5.72. The maximum absolute atomic E-state index is 12.4. The Morgan fingerprint density at radius 2 is 2.13 bits per heavy atom. The lowest BCUT2D eigenvalue weighted by Crippen LogP contribution is -2.41. The summed E-state index contributed by atoms with van der Waals surface area (Å²) in [4.78, 5) is 14.3. The molecule has 126 valence electrons. The Balaban J connectivity index is 2.00. The van der Waals surface area contributed by atoms with Gasteiger partial charge >= 0.3 is 0 Å². The molecule has 1 saturated heterocycles. The van der Waals surface area contributed by atoms with E-state index in [1.54, 1.807) is 20.3 Å². The first-order valence-corrected chi connectivity index (χ1v) is 8.01. The van der Waals surface area contributed by atoms with Gasteiger partial charge in [-0.1, -0.05) is 6.07 Å². The zero-order chi connectivity index (χ0) is 16.7. The van der Waals surface area contributed by atoms with Gasteiger partial charge in [-0.05, 0) is 56.1 Å². The van der Waals surface area contributed by atoms with Crippen molar-refractivity contribution in [3.8, 4) is 11.5 Å². The number of ether oxygens (including phenoxy) is 2. The van der Waals surface area contributed by atoms with E-state index in [-0.39, 0.29) is 5.91 Å². The predicted octanol–water partition coefficient (Wildman–Crippen LogP) is 2.17. The van der Waals surface area contributed by atoms with Crippen molar-refractivity contribution in [3.05, 3.63) is 29.8 Å². The third-order valence-corrected chi connectivity index (χ3v) is 4.15. The van der Waals surface area contributed by atoms with Gasteiger partial charge in [0, 0.05) is 19.2 Å². The summed E-state index contributed by atoms with van der Waals surface area (Å²) >= 11 is 0. The minimum Gasteiger partial charge on any atom is -0.493 e. The number of likely N-dealkylation sites (tertiary alicyclic amines) is 1. The number of hydrogen-bond donors (Lipinski definition) is 1. The van der Waals surface area contributed by atoms with E-state index in [0.717, 1.165) is 31.6 Å². The van der Waals surface area contributed by atoms with Gasteiger partial charge in [-0.25, -0.2) is 0 Å². The highest BCUT2D eigenvalue weighted by Gasteiger charge is 2.21. The van der Waals surface area contributed by atoms with Gasteiger partial charge in [0.15, 0.2) is 11.5 Å². The molecule has 0 aliphatic carbocycles. The van der Waals surface area contributed by atoms with Gasteiger partial charge in [0.2, 0.25) is 5.91 Å². The number of carbonyl (C=O) groups is 1. The Morgan fingerprint density at radius 1 is 1.35 bits per heavy atom. The van der Waals surface area contributed by atoms with E-state index in [9.17, 15) is 4.79 Å². The zero-order valence-electron chi connectivity index (χ0n) is 14.2. The van der Waals surface area contributed by atoms with E-state index >= 15 is 0 Å². The smallest absolute Gasteiger partial charge is 0.246 e. The van der Waals surface area contributed by atoms with Gasteiger partial charge in [-0.2, -0.15) is 0 Å². The van der Waals surface area contributed by atoms with E-state index in [0.29, 0.717) is 17.4 Å². The molecule has 1 aliphatic rings. The average Bonchev–Trinajstić information content (AvgIpc) is 2.59. The molecule has 5 nitrogen and oxygen atoms in total. The fraction of sp³-hybridized carbons (Fsp3) is 0.500. The monoisotopic (exact) mass is 318 g/mol. The molecule has 0 aromatic heterocycles. The summed E-state index contributed by atoms with van der Waals surface area (Å²) < 4.78 is 10.5. The number of rotatable bonds is 6. The summed E-state index contributed by atoms with van der Waals surface area (Å²) in [5.74, 6) is 1.96. The van der Waals surface area contributed by atoms with Crippen LogP contribution in [-0.4, -0.2) is 51.7 Å². The minimum atomic E-state index is 0.0700. The van der Waals surface area contributed by atoms with E-state index < -0.39 is 0 Å². The SMILES string of the molecule is CNCC1CCCN(C(=O)/C=C/c2ccc(OC)c(OC)c2)C1. The first-order chi connectivity index (χ1) is 11.2. The van der Waals surface area contributed by atoms with Crippen LogP contribution in [0.15, 0.2) is 24.3 Å². The molecule has 1 amide bonds. The van der Waals surface area contributed by atoms with Gasteiger partial charge in [-0.15, -0.1) is 0 Å². The largest absolute Gasteiger partial charge is 0.493 e. The van der Waals surface area contributed by atoms with Gasteiger partial charge in [-0.3, -0.25) is 4.79 Å². The summed E-state index contributed by atoms with van der Waals surface area (Å²) in [6, 6.07) is 5.61. The number of benzene rings is 1. The maximum atomic E-state index is 12.4. The lowest BCUT2D eigenvalue weighted by molar-refractivity contribution is -0.127. The lowest BCUT2D eigenvalue weighted by Gasteiger charge is -2.32. The quantitative estimate of drug-likeness (QED) is 0.817. The van der Waals surface area contributed by atoms with Crippen LogP contribution in [0, 0.1) is 5.92 Å². The number of piperidine rings is 1. The standard InChI is InChI=1S/C18H26N2O3/c1-19-12-15-5-4-10-20(13-15)18(21)9-7-14-6-8-16(22-2)17(11-14)23-3/h6-9,11,15,19H,4-5,10,12-13H2,1-3H3/b9-7+. The maximum Gasteiger partial charge on any atom is 0.246 e. The summed E-state index contributed by atoms with van der Waals surface area (Å²) in [5.41, 5.74) is 0.916. The predicted molar refractivity (Wildman–Crippen MR) is 91.8 cm³/mol. The molecule has 1 aromatic rings. The number of hydrogen-bond acceptors (Lipinski definition) is 4. The molecule has 23 heavy (non-hydrogen) atoms. The molecule has 0 saturated carbocycles. The van der Waals surface area contributed by atoms with Crippen LogP contribution in [0.1, 0.15) is 18.4 Å². The van der Waals surface area contributed by atoms with Crippen LogP contribution in [0.25, 0.3) is 6.08 Å². The van der Waals surface area contributed by atoms with Gasteiger partial charge < -0.3 is 19.7 Å². The summed E-state index contributed by atoms with van der Waals surface area (Å²) in [7, 11) is 5.17. The van der Waals surface area contributed by atoms with Crippen LogP contribution in [0.4, 0.5) is 0 Å². The summed E-state index contributed by atoms with van der Waals surface area (Å²) in [6.45, 7) is 2.63. The molecule has 1 N–H and O–H groups in total.